The number of hydrogen-bond acceptors (Lipinski definition) is 1. The molecule has 0 aromatic rings. The highest BCUT2D eigenvalue weighted by Gasteiger charge is 2.18. The minimum atomic E-state index is -1.38. The number of rotatable bonds is 2. The van der Waals surface area contributed by atoms with Gasteiger partial charge in [-0.15, -0.1) is 17.9 Å². The Labute approximate surface area is 88.9 Å². The first kappa shape index (κ1) is 13.3. The Hall–Kier alpha value is -0.703. The van der Waals surface area contributed by atoms with Crippen molar-refractivity contribution in [3.05, 3.63) is 0 Å². The van der Waals surface area contributed by atoms with Gasteiger partial charge >= 0.3 is 0 Å². The fourth-order valence-electron chi connectivity index (χ4n) is 0.893. The van der Waals surface area contributed by atoms with Gasteiger partial charge in [0.2, 0.25) is 0 Å². The third-order valence-corrected chi connectivity index (χ3v) is 2.60. The van der Waals surface area contributed by atoms with Crippen molar-refractivity contribution >= 4 is 8.07 Å². The largest absolute Gasteiger partial charge is 0.380 e. The maximum Gasteiger partial charge on any atom is 0.129 e. The molecule has 0 aliphatic heterocycles. The smallest absolute Gasteiger partial charge is 0.129 e. The molecule has 0 aromatic carbocycles. The monoisotopic (exact) mass is 208 g/mol. The number of aliphatic hydroxyl groups is 1. The van der Waals surface area contributed by atoms with E-state index in [1.807, 2.05) is 13.8 Å². The summed E-state index contributed by atoms with van der Waals surface area (Å²) in [5.41, 5.74) is 2.87. The van der Waals surface area contributed by atoms with Gasteiger partial charge in [-0.2, -0.15) is 0 Å². The van der Waals surface area contributed by atoms with Gasteiger partial charge in [0.15, 0.2) is 0 Å². The van der Waals surface area contributed by atoms with Gasteiger partial charge in [-0.05, 0) is 13.8 Å². The van der Waals surface area contributed by atoms with Crippen LogP contribution in [0.1, 0.15) is 20.3 Å². The van der Waals surface area contributed by atoms with Crippen molar-refractivity contribution in [2.24, 2.45) is 5.41 Å². The molecule has 1 atom stereocenters. The predicted molar refractivity (Wildman–Crippen MR) is 64.4 cm³/mol. The molecular formula is C12H20OSi. The maximum atomic E-state index is 9.63. The van der Waals surface area contributed by atoms with Gasteiger partial charge in [0, 0.05) is 11.8 Å². The summed E-state index contributed by atoms with van der Waals surface area (Å²) in [6.45, 7) is 10.3. The molecule has 2 heteroatoms. The second-order valence-corrected chi connectivity index (χ2v) is 10.0. The standard InChI is InChI=1S/C12H20OSi/c1-7-12(2,3)10-11(13)8-9-14(4,5)6/h1,11,13H,10H2,2-6H3. The van der Waals surface area contributed by atoms with Gasteiger partial charge < -0.3 is 5.11 Å². The summed E-state index contributed by atoms with van der Waals surface area (Å²) in [4.78, 5) is 0. The first-order valence-corrected chi connectivity index (χ1v) is 8.35. The summed E-state index contributed by atoms with van der Waals surface area (Å²) in [5.74, 6) is 5.54. The fraction of sp³-hybridized carbons (Fsp3) is 0.667. The normalized spacial score (nSPS) is 13.8. The molecule has 0 rings (SSSR count). The third-order valence-electron chi connectivity index (χ3n) is 1.71. The highest BCUT2D eigenvalue weighted by Crippen LogP contribution is 2.20. The van der Waals surface area contributed by atoms with E-state index < -0.39 is 14.2 Å². The van der Waals surface area contributed by atoms with Crippen LogP contribution >= 0.6 is 0 Å². The molecule has 78 valence electrons. The van der Waals surface area contributed by atoms with Crippen LogP contribution in [0.25, 0.3) is 0 Å². The Kier molecular flexibility index (Phi) is 4.45. The average Bonchev–Trinajstić information content (AvgIpc) is 1.99. The van der Waals surface area contributed by atoms with Crippen molar-refractivity contribution in [1.82, 2.24) is 0 Å². The van der Waals surface area contributed by atoms with Crippen LogP contribution in [-0.4, -0.2) is 19.3 Å². The molecule has 0 saturated heterocycles. The molecule has 0 saturated carbocycles. The van der Waals surface area contributed by atoms with Crippen LogP contribution in [0, 0.1) is 29.2 Å². The minimum Gasteiger partial charge on any atom is -0.380 e. The lowest BCUT2D eigenvalue weighted by Crippen LogP contribution is -2.21. The summed E-state index contributed by atoms with van der Waals surface area (Å²) in [5, 5.41) is 9.63. The maximum absolute atomic E-state index is 9.63. The summed E-state index contributed by atoms with van der Waals surface area (Å²) < 4.78 is 0. The van der Waals surface area contributed by atoms with Crippen molar-refractivity contribution < 1.29 is 5.11 Å². The molecule has 1 unspecified atom stereocenters. The van der Waals surface area contributed by atoms with E-state index in [0.29, 0.717) is 6.42 Å². The number of terminal acetylenes is 1. The fourth-order valence-corrected chi connectivity index (χ4v) is 1.49. The molecule has 1 N–H and O–H groups in total. The predicted octanol–water partition coefficient (Wildman–Crippen LogP) is 2.28. The molecule has 0 bridgehead atoms. The second kappa shape index (κ2) is 4.69. The van der Waals surface area contributed by atoms with Gasteiger partial charge in [0.25, 0.3) is 0 Å². The molecule has 1 nitrogen and oxygen atoms in total. The molecule has 0 radical (unpaired) electrons. The van der Waals surface area contributed by atoms with Gasteiger partial charge in [-0.25, -0.2) is 0 Å². The van der Waals surface area contributed by atoms with E-state index in [-0.39, 0.29) is 5.41 Å². The summed E-state index contributed by atoms with van der Waals surface area (Å²) in [6, 6.07) is 0. The molecule has 14 heavy (non-hydrogen) atoms. The molecule has 0 aliphatic carbocycles. The van der Waals surface area contributed by atoms with E-state index in [9.17, 15) is 5.11 Å². The molecule has 0 heterocycles. The Morgan fingerprint density at radius 2 is 1.86 bits per heavy atom. The second-order valence-electron chi connectivity index (χ2n) is 5.27. The Bertz CT molecular complexity index is 280. The van der Waals surface area contributed by atoms with Crippen molar-refractivity contribution in [3.63, 3.8) is 0 Å². The van der Waals surface area contributed by atoms with Crippen LogP contribution in [0.5, 0.6) is 0 Å². The summed E-state index contributed by atoms with van der Waals surface area (Å²) in [6.07, 6.45) is 5.29. The van der Waals surface area contributed by atoms with Crippen molar-refractivity contribution in [3.8, 4) is 23.8 Å². The van der Waals surface area contributed by atoms with Crippen LogP contribution < -0.4 is 0 Å². The highest BCUT2D eigenvalue weighted by atomic mass is 28.3. The van der Waals surface area contributed by atoms with E-state index in [1.54, 1.807) is 0 Å². The van der Waals surface area contributed by atoms with E-state index >= 15 is 0 Å². The zero-order chi connectivity index (χ0) is 11.4. The number of hydrogen-bond donors (Lipinski definition) is 1. The summed E-state index contributed by atoms with van der Waals surface area (Å²) >= 11 is 0. The van der Waals surface area contributed by atoms with E-state index in [1.165, 1.54) is 0 Å². The lowest BCUT2D eigenvalue weighted by Gasteiger charge is -2.18. The lowest BCUT2D eigenvalue weighted by molar-refractivity contribution is 0.185. The summed E-state index contributed by atoms with van der Waals surface area (Å²) in [7, 11) is -1.38. The van der Waals surface area contributed by atoms with E-state index in [4.69, 9.17) is 6.42 Å². The molecule has 0 amide bonds. The zero-order valence-electron chi connectivity index (χ0n) is 9.81. The Morgan fingerprint density at radius 1 is 1.36 bits per heavy atom. The lowest BCUT2D eigenvalue weighted by atomic mass is 9.88. The van der Waals surface area contributed by atoms with Crippen LogP contribution in [0.15, 0.2) is 0 Å². The Morgan fingerprint density at radius 3 is 2.21 bits per heavy atom. The van der Waals surface area contributed by atoms with E-state index in [2.05, 4.69) is 37.0 Å². The van der Waals surface area contributed by atoms with Crippen LogP contribution in [-0.2, 0) is 0 Å². The highest BCUT2D eigenvalue weighted by molar-refractivity contribution is 6.83. The quantitative estimate of drug-likeness (QED) is 0.545. The van der Waals surface area contributed by atoms with Crippen molar-refractivity contribution in [2.75, 3.05) is 0 Å². The first-order valence-electron chi connectivity index (χ1n) is 4.85. The minimum absolute atomic E-state index is 0.270. The zero-order valence-corrected chi connectivity index (χ0v) is 10.8. The van der Waals surface area contributed by atoms with Gasteiger partial charge in [0.1, 0.15) is 14.2 Å². The van der Waals surface area contributed by atoms with Crippen LogP contribution in [0.2, 0.25) is 19.6 Å². The van der Waals surface area contributed by atoms with Gasteiger partial charge in [-0.1, -0.05) is 25.6 Å². The molecule has 0 fully saturated rings. The molecule has 0 aromatic heterocycles. The SMILES string of the molecule is C#CC(C)(C)CC(O)C#C[Si](C)(C)C. The Balaban J connectivity index is 4.31. The van der Waals surface area contributed by atoms with Crippen molar-refractivity contribution in [1.29, 1.82) is 0 Å². The van der Waals surface area contributed by atoms with Crippen molar-refractivity contribution in [2.45, 2.75) is 46.0 Å². The average molecular weight is 208 g/mol. The van der Waals surface area contributed by atoms with E-state index in [0.717, 1.165) is 0 Å². The number of aliphatic hydroxyl groups excluding tert-OH is 1. The molecular weight excluding hydrogens is 188 g/mol. The van der Waals surface area contributed by atoms with Crippen LogP contribution in [0.4, 0.5) is 0 Å². The third kappa shape index (κ3) is 6.77. The molecule has 0 spiro atoms. The van der Waals surface area contributed by atoms with Gasteiger partial charge in [-0.3, -0.25) is 0 Å². The van der Waals surface area contributed by atoms with Gasteiger partial charge in [0.05, 0.1) is 0 Å². The first-order chi connectivity index (χ1) is 6.16. The molecule has 0 aliphatic rings. The topological polar surface area (TPSA) is 20.2 Å². The van der Waals surface area contributed by atoms with Crippen LogP contribution in [0.3, 0.4) is 0 Å².